The summed E-state index contributed by atoms with van der Waals surface area (Å²) in [6, 6.07) is 4.18. The summed E-state index contributed by atoms with van der Waals surface area (Å²) in [7, 11) is 2.18. The number of rotatable bonds is 1. The Hall–Kier alpha value is -1.78. The molecule has 2 unspecified atom stereocenters. The van der Waals surface area contributed by atoms with Gasteiger partial charge in [0.25, 0.3) is 0 Å². The summed E-state index contributed by atoms with van der Waals surface area (Å²) in [6.07, 6.45) is 5.96. The molecule has 1 aromatic rings. The molecular weight excluding hydrogens is 278 g/mol. The molecule has 2 heterocycles. The highest BCUT2D eigenvalue weighted by Gasteiger charge is 2.61. The van der Waals surface area contributed by atoms with Gasteiger partial charge in [-0.3, -0.25) is 4.90 Å². The molecule has 0 amide bonds. The fourth-order valence-electron chi connectivity index (χ4n) is 5.03. The maximum Gasteiger partial charge on any atom is 0.166 e. The van der Waals surface area contributed by atoms with Crippen molar-refractivity contribution < 1.29 is 14.9 Å². The van der Waals surface area contributed by atoms with Gasteiger partial charge in [0.05, 0.1) is 12.0 Å². The van der Waals surface area contributed by atoms with Crippen LogP contribution in [0, 0.1) is 0 Å². The monoisotopic (exact) mass is 297 g/mol. The molecule has 1 fully saturated rings. The second-order valence-electron chi connectivity index (χ2n) is 6.89. The topological polar surface area (TPSA) is 52.9 Å². The summed E-state index contributed by atoms with van der Waals surface area (Å²) in [6.45, 7) is 1.01. The van der Waals surface area contributed by atoms with Gasteiger partial charge in [0.15, 0.2) is 11.5 Å². The van der Waals surface area contributed by atoms with Gasteiger partial charge in [-0.15, -0.1) is 0 Å². The lowest BCUT2D eigenvalue weighted by Crippen LogP contribution is -2.58. The Morgan fingerprint density at radius 3 is 3.05 bits per heavy atom. The first-order chi connectivity index (χ1) is 10.7. The Kier molecular flexibility index (Phi) is 2.28. The smallest absolute Gasteiger partial charge is 0.166 e. The van der Waals surface area contributed by atoms with E-state index in [0.717, 1.165) is 25.0 Å². The van der Waals surface area contributed by atoms with Gasteiger partial charge < -0.3 is 14.9 Å². The lowest BCUT2D eigenvalue weighted by molar-refractivity contribution is 0.104. The van der Waals surface area contributed by atoms with E-state index in [1.807, 2.05) is 12.1 Å². The van der Waals surface area contributed by atoms with Crippen molar-refractivity contribution in [3.8, 4) is 11.5 Å². The zero-order valence-electron chi connectivity index (χ0n) is 12.5. The second-order valence-corrected chi connectivity index (χ2v) is 6.89. The molecule has 0 saturated carbocycles. The molecule has 114 valence electrons. The van der Waals surface area contributed by atoms with Crippen molar-refractivity contribution in [2.75, 3.05) is 20.2 Å². The predicted molar refractivity (Wildman–Crippen MR) is 82.2 cm³/mol. The normalized spacial score (nSPS) is 34.6. The number of piperidine rings is 1. The van der Waals surface area contributed by atoms with Crippen molar-refractivity contribution in [1.82, 2.24) is 4.90 Å². The van der Waals surface area contributed by atoms with Gasteiger partial charge in [-0.2, -0.15) is 0 Å². The molecule has 0 radical (unpaired) electrons. The van der Waals surface area contributed by atoms with Crippen LogP contribution < -0.4 is 4.74 Å². The van der Waals surface area contributed by atoms with Gasteiger partial charge in [0, 0.05) is 11.6 Å². The highest BCUT2D eigenvalue weighted by molar-refractivity contribution is 5.67. The molecule has 22 heavy (non-hydrogen) atoms. The number of phenols is 1. The molecule has 2 N–H and O–H groups in total. The number of likely N-dealkylation sites (tertiary alicyclic amines) is 1. The van der Waals surface area contributed by atoms with E-state index in [1.54, 1.807) is 6.07 Å². The van der Waals surface area contributed by atoms with Crippen molar-refractivity contribution in [1.29, 1.82) is 0 Å². The first-order valence-corrected chi connectivity index (χ1v) is 7.91. The van der Waals surface area contributed by atoms with Crippen molar-refractivity contribution in [3.05, 3.63) is 46.6 Å². The maximum absolute atomic E-state index is 10.3. The van der Waals surface area contributed by atoms with E-state index in [1.165, 1.54) is 16.7 Å². The van der Waals surface area contributed by atoms with Crippen LogP contribution in [-0.4, -0.2) is 47.5 Å². The van der Waals surface area contributed by atoms with E-state index >= 15 is 0 Å². The van der Waals surface area contributed by atoms with E-state index in [0.29, 0.717) is 11.8 Å². The molecule has 4 heteroatoms. The predicted octanol–water partition coefficient (Wildman–Crippen LogP) is 1.51. The maximum atomic E-state index is 10.3. The quantitative estimate of drug-likeness (QED) is 0.825. The van der Waals surface area contributed by atoms with Crippen LogP contribution in [0.25, 0.3) is 0 Å². The van der Waals surface area contributed by atoms with Gasteiger partial charge >= 0.3 is 0 Å². The number of allylic oxidation sites excluding steroid dienone is 2. The number of hydrogen-bond acceptors (Lipinski definition) is 4. The minimum atomic E-state index is -0.189. The Balaban J connectivity index is 1.86. The number of aliphatic hydroxyl groups is 1. The fraction of sp³-hybridized carbons (Fsp3) is 0.444. The largest absolute Gasteiger partial charge is 0.504 e. The number of ether oxygens (including phenoxy) is 1. The van der Waals surface area contributed by atoms with Crippen molar-refractivity contribution in [3.63, 3.8) is 0 Å². The summed E-state index contributed by atoms with van der Waals surface area (Å²) < 4.78 is 6.21. The Bertz CT molecular complexity index is 751. The number of phenolic OH excluding ortho intramolecular Hbond substituents is 1. The van der Waals surface area contributed by atoms with Crippen LogP contribution in [0.15, 0.2) is 35.4 Å². The lowest BCUT2D eigenvalue weighted by atomic mass is 9.56. The molecule has 1 spiro atoms. The molecule has 2 aliphatic carbocycles. The number of likely N-dealkylation sites (N-methyl/N-ethyl adjacent to an activating group) is 1. The summed E-state index contributed by atoms with van der Waals surface area (Å²) in [5.74, 6) is 0.856. The van der Waals surface area contributed by atoms with Crippen molar-refractivity contribution in [2.45, 2.75) is 30.4 Å². The highest BCUT2D eigenvalue weighted by Crippen LogP contribution is 2.62. The van der Waals surface area contributed by atoms with Crippen LogP contribution >= 0.6 is 0 Å². The lowest BCUT2D eigenvalue weighted by Gasteiger charge is -2.53. The van der Waals surface area contributed by atoms with Gasteiger partial charge in [-0.25, -0.2) is 0 Å². The third kappa shape index (κ3) is 1.23. The number of aromatic hydroxyl groups is 1. The van der Waals surface area contributed by atoms with Gasteiger partial charge in [0.2, 0.25) is 0 Å². The molecule has 4 aliphatic rings. The van der Waals surface area contributed by atoms with Crippen molar-refractivity contribution in [2.24, 2.45) is 0 Å². The Morgan fingerprint density at radius 1 is 1.36 bits per heavy atom. The minimum Gasteiger partial charge on any atom is -0.504 e. The molecule has 0 aromatic heterocycles. The van der Waals surface area contributed by atoms with Crippen LogP contribution in [0.4, 0.5) is 0 Å². The molecule has 3 atom stereocenters. The average molecular weight is 297 g/mol. The first-order valence-electron chi connectivity index (χ1n) is 7.91. The number of hydrogen-bond donors (Lipinski definition) is 2. The standard InChI is InChI=1S/C18H19NO3/c1-19-7-6-18-12-4-2-11(9-20)17(18)22-16-14(21)5-3-10(15(16)18)8-13(12)19/h2-5,13,17,20-21H,6-9H2,1H3/t13?,17?,18-/m0/s1. The van der Waals surface area contributed by atoms with Gasteiger partial charge in [-0.1, -0.05) is 18.2 Å². The number of nitrogens with zero attached hydrogens (tertiary/aromatic N) is 1. The SMILES string of the molecule is CN1CC[C@@]23C4=CC=C(CO)C2Oc2c(O)ccc(c23)CC41. The van der Waals surface area contributed by atoms with Crippen LogP contribution in [0.3, 0.4) is 0 Å². The molecule has 2 bridgehead atoms. The summed E-state index contributed by atoms with van der Waals surface area (Å²) in [5, 5.41) is 20.0. The zero-order valence-corrected chi connectivity index (χ0v) is 12.5. The molecule has 1 saturated heterocycles. The van der Waals surface area contributed by atoms with E-state index < -0.39 is 0 Å². The van der Waals surface area contributed by atoms with Crippen LogP contribution in [0.2, 0.25) is 0 Å². The number of aliphatic hydroxyl groups excluding tert-OH is 1. The molecule has 1 aromatic carbocycles. The first kappa shape index (κ1) is 12.7. The molecular formula is C18H19NO3. The molecule has 4 nitrogen and oxygen atoms in total. The minimum absolute atomic E-state index is 0.000780. The highest BCUT2D eigenvalue weighted by atomic mass is 16.5. The molecule has 5 rings (SSSR count). The fourth-order valence-corrected chi connectivity index (χ4v) is 5.03. The average Bonchev–Trinajstić information content (AvgIpc) is 2.88. The third-order valence-electron chi connectivity index (χ3n) is 6.03. The summed E-state index contributed by atoms with van der Waals surface area (Å²) in [5.41, 5.74) is 4.57. The summed E-state index contributed by atoms with van der Waals surface area (Å²) >= 11 is 0. The van der Waals surface area contributed by atoms with Gasteiger partial charge in [-0.05, 0) is 49.2 Å². The van der Waals surface area contributed by atoms with E-state index in [2.05, 4.69) is 18.0 Å². The Labute approximate surface area is 129 Å². The second kappa shape index (κ2) is 3.94. The Morgan fingerprint density at radius 2 is 2.23 bits per heavy atom. The molecule has 2 aliphatic heterocycles. The number of benzene rings is 1. The zero-order chi connectivity index (χ0) is 15.1. The van der Waals surface area contributed by atoms with E-state index in [4.69, 9.17) is 4.74 Å². The van der Waals surface area contributed by atoms with Crippen LogP contribution in [0.5, 0.6) is 11.5 Å². The summed E-state index contributed by atoms with van der Waals surface area (Å²) in [4.78, 5) is 2.42. The van der Waals surface area contributed by atoms with E-state index in [-0.39, 0.29) is 23.9 Å². The van der Waals surface area contributed by atoms with E-state index in [9.17, 15) is 10.2 Å². The van der Waals surface area contributed by atoms with Crippen LogP contribution in [0.1, 0.15) is 17.5 Å². The van der Waals surface area contributed by atoms with Gasteiger partial charge in [0.1, 0.15) is 6.10 Å². The third-order valence-corrected chi connectivity index (χ3v) is 6.03. The van der Waals surface area contributed by atoms with Crippen LogP contribution in [-0.2, 0) is 11.8 Å². The van der Waals surface area contributed by atoms with Crippen molar-refractivity contribution >= 4 is 0 Å².